The molecule has 0 saturated heterocycles. The molecule has 0 radical (unpaired) electrons. The summed E-state index contributed by atoms with van der Waals surface area (Å²) in [5.41, 5.74) is 0. The van der Waals surface area contributed by atoms with Gasteiger partial charge in [0.2, 0.25) is 0 Å². The average Bonchev–Trinajstić information content (AvgIpc) is 2.07. The lowest BCUT2D eigenvalue weighted by molar-refractivity contribution is -0.710. The van der Waals surface area contributed by atoms with E-state index in [-0.39, 0.29) is 13.2 Å². The predicted octanol–water partition coefficient (Wildman–Crippen LogP) is 1.01. The van der Waals surface area contributed by atoms with Gasteiger partial charge in [-0.25, -0.2) is 4.79 Å². The molecule has 0 aliphatic heterocycles. The van der Waals surface area contributed by atoms with Crippen molar-refractivity contribution in [1.29, 1.82) is 5.26 Å². The molecule has 5 heteroatoms. The largest absolute Gasteiger partial charge is 0.538 e. The van der Waals surface area contributed by atoms with Crippen molar-refractivity contribution in [2.75, 3.05) is 13.2 Å². The number of quaternary nitrogens is 1. The lowest BCUT2D eigenvalue weighted by Gasteiger charge is -2.19. The monoisotopic (exact) mass is 185 g/mol. The fourth-order valence-electron chi connectivity index (χ4n) is 0.896. The van der Waals surface area contributed by atoms with Crippen LogP contribution in [0.15, 0.2) is 0 Å². The van der Waals surface area contributed by atoms with Crippen molar-refractivity contribution < 1.29 is 18.8 Å². The molecule has 1 unspecified atom stereocenters. The van der Waals surface area contributed by atoms with E-state index in [1.54, 1.807) is 20.0 Å². The zero-order chi connectivity index (χ0) is 10.5. The predicted molar refractivity (Wildman–Crippen MR) is 44.1 cm³/mol. The summed E-state index contributed by atoms with van der Waals surface area (Å²) in [5.74, 6) is -0.525. The van der Waals surface area contributed by atoms with Gasteiger partial charge < -0.3 is 4.74 Å². The molecule has 13 heavy (non-hydrogen) atoms. The Hall–Kier alpha value is -1.41. The smallest absolute Gasteiger partial charge is 0.419 e. The Bertz CT molecular complexity index is 257. The lowest BCUT2D eigenvalue weighted by Crippen LogP contribution is -2.52. The van der Waals surface area contributed by atoms with Crippen molar-refractivity contribution in [3.05, 3.63) is 0 Å². The van der Waals surface area contributed by atoms with Gasteiger partial charge in [0, 0.05) is 0 Å². The highest BCUT2D eigenvalue weighted by Crippen LogP contribution is 2.08. The molecule has 0 saturated carbocycles. The van der Waals surface area contributed by atoms with Gasteiger partial charge in [-0.05, 0) is 13.8 Å². The maximum absolute atomic E-state index is 11.3. The van der Waals surface area contributed by atoms with Crippen LogP contribution in [-0.4, -0.2) is 29.6 Å². The number of hydrogen-bond donors (Lipinski definition) is 0. The molecule has 0 heterocycles. The molecule has 0 aromatic heterocycles. The van der Waals surface area contributed by atoms with Crippen molar-refractivity contribution in [2.45, 2.75) is 20.8 Å². The van der Waals surface area contributed by atoms with E-state index in [1.165, 1.54) is 6.92 Å². The van der Waals surface area contributed by atoms with Gasteiger partial charge in [0.1, 0.15) is 6.54 Å². The van der Waals surface area contributed by atoms with E-state index in [4.69, 9.17) is 5.26 Å². The van der Waals surface area contributed by atoms with Crippen molar-refractivity contribution in [1.82, 2.24) is 0 Å². The number of amides is 2. The molecule has 0 aliphatic rings. The first-order valence-corrected chi connectivity index (χ1v) is 4.03. The van der Waals surface area contributed by atoms with Crippen LogP contribution in [-0.2, 0) is 9.53 Å². The molecule has 0 rings (SSSR count). The molecule has 2 amide bonds. The van der Waals surface area contributed by atoms with Crippen LogP contribution in [0.5, 0.6) is 0 Å². The summed E-state index contributed by atoms with van der Waals surface area (Å²) in [6.07, 6.45) is 0.857. The maximum atomic E-state index is 11.3. The van der Waals surface area contributed by atoms with Crippen LogP contribution in [0.25, 0.3) is 0 Å². The average molecular weight is 185 g/mol. The number of hydrogen-bond acceptors (Lipinski definition) is 4. The minimum atomic E-state index is -0.909. The summed E-state index contributed by atoms with van der Waals surface area (Å²) in [7, 11) is 0. The summed E-state index contributed by atoms with van der Waals surface area (Å²) in [6, 6.07) is 0. The summed E-state index contributed by atoms with van der Waals surface area (Å²) in [4.78, 5) is 22.4. The normalized spacial score (nSPS) is 14.0. The molecule has 0 N–H and O–H groups in total. The Labute approximate surface area is 77.1 Å². The highest BCUT2D eigenvalue weighted by molar-refractivity contribution is 5.80. The van der Waals surface area contributed by atoms with Crippen LogP contribution in [0, 0.1) is 11.5 Å². The van der Waals surface area contributed by atoms with Crippen molar-refractivity contribution in [2.24, 2.45) is 0 Å². The van der Waals surface area contributed by atoms with Crippen LogP contribution in [0.2, 0.25) is 0 Å². The third kappa shape index (κ3) is 2.04. The van der Waals surface area contributed by atoms with E-state index in [9.17, 15) is 9.59 Å². The van der Waals surface area contributed by atoms with Crippen molar-refractivity contribution >= 4 is 12.0 Å². The van der Waals surface area contributed by atoms with Crippen LogP contribution in [0.4, 0.5) is 4.79 Å². The third-order valence-corrected chi connectivity index (χ3v) is 1.76. The van der Waals surface area contributed by atoms with E-state index in [0.717, 1.165) is 0 Å². The second-order valence-electron chi connectivity index (χ2n) is 2.44. The van der Waals surface area contributed by atoms with Gasteiger partial charge in [0.05, 0.1) is 13.5 Å². The fraction of sp³-hybridized carbons (Fsp3) is 0.625. The summed E-state index contributed by atoms with van der Waals surface area (Å²) in [5, 5.41) is 8.74. The molecule has 5 nitrogen and oxygen atoms in total. The Morgan fingerprint density at radius 2 is 2.00 bits per heavy atom. The zero-order valence-electron chi connectivity index (χ0n) is 8.03. The number of carbonyl (C=O) groups is 2. The summed E-state index contributed by atoms with van der Waals surface area (Å²) < 4.78 is 3.73. The molecule has 0 aromatic rings. The first-order valence-electron chi connectivity index (χ1n) is 4.03. The Morgan fingerprint density at radius 1 is 1.46 bits per heavy atom. The van der Waals surface area contributed by atoms with E-state index >= 15 is 0 Å². The summed E-state index contributed by atoms with van der Waals surface area (Å²) in [6.45, 7) is 4.66. The van der Waals surface area contributed by atoms with Gasteiger partial charge in [-0.1, -0.05) is 4.48 Å². The topological polar surface area (TPSA) is 67.2 Å². The van der Waals surface area contributed by atoms with E-state index in [0.29, 0.717) is 0 Å². The molecule has 1 atom stereocenters. The minimum absolute atomic E-state index is 0.0880. The minimum Gasteiger partial charge on any atom is -0.419 e. The second kappa shape index (κ2) is 4.58. The molecule has 0 aliphatic carbocycles. The van der Waals surface area contributed by atoms with Crippen LogP contribution in [0.3, 0.4) is 0 Å². The number of ether oxygens (including phenoxy) is 1. The molecule has 0 bridgehead atoms. The van der Waals surface area contributed by atoms with Crippen LogP contribution < -0.4 is 0 Å². The van der Waals surface area contributed by atoms with E-state index in [2.05, 4.69) is 4.74 Å². The van der Waals surface area contributed by atoms with E-state index < -0.39 is 16.5 Å². The lowest BCUT2D eigenvalue weighted by atomic mass is 10.4. The Balaban J connectivity index is 4.90. The summed E-state index contributed by atoms with van der Waals surface area (Å²) >= 11 is 0. The van der Waals surface area contributed by atoms with Crippen molar-refractivity contribution in [3.63, 3.8) is 0 Å². The molecule has 72 valence electrons. The van der Waals surface area contributed by atoms with Crippen molar-refractivity contribution in [3.8, 4) is 6.19 Å². The molecular formula is C8H13N2O3+. The number of imide groups is 1. The van der Waals surface area contributed by atoms with Gasteiger partial charge in [-0.3, -0.25) is 0 Å². The first kappa shape index (κ1) is 11.6. The third-order valence-electron chi connectivity index (χ3n) is 1.76. The Morgan fingerprint density at radius 3 is 2.23 bits per heavy atom. The molecule has 0 spiro atoms. The van der Waals surface area contributed by atoms with Gasteiger partial charge in [-0.2, -0.15) is 4.79 Å². The fourth-order valence-corrected chi connectivity index (χ4v) is 0.896. The van der Waals surface area contributed by atoms with Gasteiger partial charge in [-0.15, -0.1) is 5.26 Å². The van der Waals surface area contributed by atoms with Crippen LogP contribution >= 0.6 is 0 Å². The highest BCUT2D eigenvalue weighted by atomic mass is 16.6. The number of nitrogens with zero attached hydrogens (tertiary/aromatic N) is 2. The Kier molecular flexibility index (Phi) is 4.08. The van der Waals surface area contributed by atoms with E-state index in [1.807, 2.05) is 0 Å². The second-order valence-corrected chi connectivity index (χ2v) is 2.44. The number of rotatable bonds is 2. The molecule has 0 aromatic carbocycles. The molecule has 0 fully saturated rings. The number of nitriles is 1. The zero-order valence-corrected chi connectivity index (χ0v) is 8.03. The van der Waals surface area contributed by atoms with Gasteiger partial charge >= 0.3 is 18.2 Å². The van der Waals surface area contributed by atoms with Gasteiger partial charge in [0.15, 0.2) is 0 Å². The first-order chi connectivity index (χ1) is 6.05. The SMILES string of the molecule is CCOC(=O)[N+](C#N)(CC)C(C)=O. The number of carbonyl (C=O) groups excluding carboxylic acids is 2. The quantitative estimate of drug-likeness (QED) is 0.475. The molecular weight excluding hydrogens is 172 g/mol. The maximum Gasteiger partial charge on any atom is 0.538 e. The standard InChI is InChI=1S/C8H13N2O3/c1-4-10(6-9,7(3)11)8(12)13-5-2/h4-5H2,1-3H3/q+1. The van der Waals surface area contributed by atoms with Crippen LogP contribution in [0.1, 0.15) is 20.8 Å². The highest BCUT2D eigenvalue weighted by Gasteiger charge is 2.43. The van der Waals surface area contributed by atoms with Gasteiger partial charge in [0.25, 0.3) is 0 Å².